The van der Waals surface area contributed by atoms with Gasteiger partial charge in [0.2, 0.25) is 0 Å². The summed E-state index contributed by atoms with van der Waals surface area (Å²) in [4.78, 5) is 0. The minimum absolute atomic E-state index is 0.456. The van der Waals surface area contributed by atoms with E-state index in [2.05, 4.69) is 26.1 Å². The van der Waals surface area contributed by atoms with Crippen molar-refractivity contribution in [2.75, 3.05) is 0 Å². The topological polar surface area (TPSA) is 34.4 Å². The van der Waals surface area contributed by atoms with E-state index in [4.69, 9.17) is 9.15 Å². The minimum Gasteiger partial charge on any atom is -0.486 e. The van der Waals surface area contributed by atoms with Crippen molar-refractivity contribution in [2.24, 2.45) is 0 Å². The summed E-state index contributed by atoms with van der Waals surface area (Å²) < 4.78 is 11.4. The van der Waals surface area contributed by atoms with E-state index >= 15 is 0 Å². The Morgan fingerprint density at radius 2 is 1.74 bits per heavy atom. The highest BCUT2D eigenvalue weighted by Crippen LogP contribution is 2.15. The van der Waals surface area contributed by atoms with Gasteiger partial charge in [-0.15, -0.1) is 0 Å². The molecule has 0 fully saturated rings. The van der Waals surface area contributed by atoms with E-state index in [1.54, 1.807) is 0 Å². The lowest BCUT2D eigenvalue weighted by Gasteiger charge is -2.06. The molecule has 0 aliphatic rings. The van der Waals surface area contributed by atoms with Crippen LogP contribution in [0.2, 0.25) is 0 Å². The average Bonchev–Trinajstić information content (AvgIpc) is 2.84. The van der Waals surface area contributed by atoms with Gasteiger partial charge in [0.25, 0.3) is 0 Å². The van der Waals surface area contributed by atoms with Crippen LogP contribution in [-0.4, -0.2) is 6.04 Å². The van der Waals surface area contributed by atoms with Gasteiger partial charge in [0, 0.05) is 6.04 Å². The Morgan fingerprint density at radius 1 is 1.05 bits per heavy atom. The van der Waals surface area contributed by atoms with Gasteiger partial charge >= 0.3 is 0 Å². The Morgan fingerprint density at radius 3 is 2.42 bits per heavy atom. The van der Waals surface area contributed by atoms with Gasteiger partial charge in [-0.25, -0.2) is 0 Å². The van der Waals surface area contributed by atoms with Crippen molar-refractivity contribution in [3.05, 3.63) is 53.5 Å². The Balaban J connectivity index is 1.84. The molecule has 19 heavy (non-hydrogen) atoms. The van der Waals surface area contributed by atoms with Crippen molar-refractivity contribution in [1.82, 2.24) is 5.32 Å². The van der Waals surface area contributed by atoms with Gasteiger partial charge in [-0.1, -0.05) is 31.5 Å². The number of hydrogen-bond acceptors (Lipinski definition) is 3. The molecular weight excluding hydrogens is 238 g/mol. The second-order valence-electron chi connectivity index (χ2n) is 5.01. The predicted molar refractivity (Wildman–Crippen MR) is 76.2 cm³/mol. The van der Waals surface area contributed by atoms with Crippen LogP contribution in [0.3, 0.4) is 0 Å². The average molecular weight is 259 g/mol. The lowest BCUT2D eigenvalue weighted by atomic mass is 10.2. The van der Waals surface area contributed by atoms with Crippen LogP contribution < -0.4 is 10.1 Å². The zero-order valence-corrected chi connectivity index (χ0v) is 11.8. The number of hydrogen-bond donors (Lipinski definition) is 1. The van der Waals surface area contributed by atoms with Crippen molar-refractivity contribution < 1.29 is 9.15 Å². The highest BCUT2D eigenvalue weighted by Gasteiger charge is 2.03. The molecule has 0 aliphatic heterocycles. The third kappa shape index (κ3) is 4.45. The molecule has 0 unspecified atom stereocenters. The molecular formula is C16H21NO2. The van der Waals surface area contributed by atoms with E-state index in [1.165, 1.54) is 5.56 Å². The first kappa shape index (κ1) is 13.7. The summed E-state index contributed by atoms with van der Waals surface area (Å²) in [5.74, 6) is 2.65. The van der Waals surface area contributed by atoms with Gasteiger partial charge in [-0.2, -0.15) is 0 Å². The maximum absolute atomic E-state index is 5.69. The van der Waals surface area contributed by atoms with Crippen LogP contribution in [0.1, 0.15) is 30.9 Å². The monoisotopic (exact) mass is 259 g/mol. The number of aryl methyl sites for hydroxylation is 1. The van der Waals surface area contributed by atoms with E-state index < -0.39 is 0 Å². The smallest absolute Gasteiger partial charge is 0.146 e. The number of benzene rings is 1. The summed E-state index contributed by atoms with van der Waals surface area (Å²) in [5.41, 5.74) is 1.23. The maximum atomic E-state index is 5.69. The highest BCUT2D eigenvalue weighted by molar-refractivity contribution is 5.26. The van der Waals surface area contributed by atoms with E-state index in [1.807, 2.05) is 36.4 Å². The van der Waals surface area contributed by atoms with Crippen LogP contribution in [0.25, 0.3) is 0 Å². The first-order valence-electron chi connectivity index (χ1n) is 6.64. The molecule has 0 amide bonds. The highest BCUT2D eigenvalue weighted by atomic mass is 16.5. The molecule has 2 rings (SSSR count). The SMILES string of the molecule is Cc1ccc(OCc2ccc(CNC(C)C)o2)cc1. The molecule has 1 aromatic heterocycles. The lowest BCUT2D eigenvalue weighted by molar-refractivity contribution is 0.264. The summed E-state index contributed by atoms with van der Waals surface area (Å²) in [6.45, 7) is 7.51. The first-order chi connectivity index (χ1) is 9.13. The number of ether oxygens (including phenoxy) is 1. The third-order valence-electron chi connectivity index (χ3n) is 2.80. The predicted octanol–water partition coefficient (Wildman–Crippen LogP) is 3.67. The second-order valence-corrected chi connectivity index (χ2v) is 5.01. The fraction of sp³-hybridized carbons (Fsp3) is 0.375. The minimum atomic E-state index is 0.456. The molecule has 0 bridgehead atoms. The molecule has 102 valence electrons. The molecule has 3 nitrogen and oxygen atoms in total. The molecule has 0 aliphatic carbocycles. The molecule has 2 aromatic rings. The summed E-state index contributed by atoms with van der Waals surface area (Å²) in [5, 5.41) is 3.32. The second kappa shape index (κ2) is 6.43. The van der Waals surface area contributed by atoms with Crippen LogP contribution in [0.4, 0.5) is 0 Å². The molecule has 0 spiro atoms. The van der Waals surface area contributed by atoms with Crippen LogP contribution in [0, 0.1) is 6.92 Å². The molecule has 3 heteroatoms. The van der Waals surface area contributed by atoms with Gasteiger partial charge in [0.05, 0.1) is 6.54 Å². The first-order valence-corrected chi connectivity index (χ1v) is 6.64. The Labute approximate surface area is 114 Å². The van der Waals surface area contributed by atoms with E-state index in [0.29, 0.717) is 12.6 Å². The fourth-order valence-corrected chi connectivity index (χ4v) is 1.69. The van der Waals surface area contributed by atoms with E-state index in [-0.39, 0.29) is 0 Å². The van der Waals surface area contributed by atoms with Crippen LogP contribution in [0.5, 0.6) is 5.75 Å². The fourth-order valence-electron chi connectivity index (χ4n) is 1.69. The van der Waals surface area contributed by atoms with Crippen LogP contribution in [0.15, 0.2) is 40.8 Å². The van der Waals surface area contributed by atoms with Crippen molar-refractivity contribution in [2.45, 2.75) is 40.0 Å². The lowest BCUT2D eigenvalue weighted by Crippen LogP contribution is -2.21. The summed E-state index contributed by atoms with van der Waals surface area (Å²) >= 11 is 0. The Kier molecular flexibility index (Phi) is 4.63. The zero-order valence-electron chi connectivity index (χ0n) is 11.8. The summed E-state index contributed by atoms with van der Waals surface area (Å²) in [7, 11) is 0. The number of nitrogens with one attached hydrogen (secondary N) is 1. The van der Waals surface area contributed by atoms with Crippen molar-refractivity contribution in [3.8, 4) is 5.75 Å². The van der Waals surface area contributed by atoms with Gasteiger partial charge in [0.1, 0.15) is 23.9 Å². The summed E-state index contributed by atoms with van der Waals surface area (Å²) in [6, 6.07) is 12.4. The van der Waals surface area contributed by atoms with Crippen LogP contribution in [-0.2, 0) is 13.2 Å². The molecule has 0 radical (unpaired) electrons. The molecule has 1 aromatic carbocycles. The number of rotatable bonds is 6. The van der Waals surface area contributed by atoms with Crippen molar-refractivity contribution in [1.29, 1.82) is 0 Å². The normalized spacial score (nSPS) is 10.9. The summed E-state index contributed by atoms with van der Waals surface area (Å²) in [6.07, 6.45) is 0. The Bertz CT molecular complexity index is 500. The van der Waals surface area contributed by atoms with E-state index in [9.17, 15) is 0 Å². The van der Waals surface area contributed by atoms with Gasteiger partial charge in [0.15, 0.2) is 0 Å². The van der Waals surface area contributed by atoms with Crippen molar-refractivity contribution >= 4 is 0 Å². The molecule has 1 N–H and O–H groups in total. The molecule has 0 atom stereocenters. The standard InChI is InChI=1S/C16H21NO2/c1-12(2)17-10-15-8-9-16(19-15)11-18-14-6-4-13(3)5-7-14/h4-9,12,17H,10-11H2,1-3H3. The molecule has 0 saturated carbocycles. The van der Waals surface area contributed by atoms with Crippen LogP contribution >= 0.6 is 0 Å². The third-order valence-corrected chi connectivity index (χ3v) is 2.80. The molecule has 1 heterocycles. The largest absolute Gasteiger partial charge is 0.486 e. The van der Waals surface area contributed by atoms with Gasteiger partial charge in [-0.3, -0.25) is 0 Å². The number of furan rings is 1. The molecule has 0 saturated heterocycles. The van der Waals surface area contributed by atoms with Gasteiger partial charge in [-0.05, 0) is 31.2 Å². The quantitative estimate of drug-likeness (QED) is 0.859. The maximum Gasteiger partial charge on any atom is 0.146 e. The zero-order chi connectivity index (χ0) is 13.7. The Hall–Kier alpha value is -1.74. The van der Waals surface area contributed by atoms with E-state index in [0.717, 1.165) is 23.8 Å². The van der Waals surface area contributed by atoms with Gasteiger partial charge < -0.3 is 14.5 Å². The van der Waals surface area contributed by atoms with Crippen molar-refractivity contribution in [3.63, 3.8) is 0 Å².